The normalized spacial score (nSPS) is 11.8. The van der Waals surface area contributed by atoms with Crippen LogP contribution >= 0.6 is 11.6 Å². The van der Waals surface area contributed by atoms with E-state index in [4.69, 9.17) is 11.6 Å². The summed E-state index contributed by atoms with van der Waals surface area (Å²) in [6.45, 7) is 0. The SMILES string of the molecule is O=C(N[C@@H](c1ccccc1)c1ccc(F)cc1)c1ccncc1Cl. The molecule has 0 spiro atoms. The lowest BCUT2D eigenvalue weighted by atomic mass is 9.98. The molecule has 2 aromatic carbocycles. The summed E-state index contributed by atoms with van der Waals surface area (Å²) in [4.78, 5) is 16.5. The summed E-state index contributed by atoms with van der Waals surface area (Å²) in [5.41, 5.74) is 2.01. The number of hydrogen-bond donors (Lipinski definition) is 1. The van der Waals surface area contributed by atoms with Crippen molar-refractivity contribution in [3.8, 4) is 0 Å². The maximum Gasteiger partial charge on any atom is 0.253 e. The van der Waals surface area contributed by atoms with Crippen LogP contribution in [0.5, 0.6) is 0 Å². The van der Waals surface area contributed by atoms with Crippen LogP contribution in [-0.2, 0) is 0 Å². The van der Waals surface area contributed by atoms with Crippen molar-refractivity contribution in [2.75, 3.05) is 0 Å². The Kier molecular flexibility index (Phi) is 4.87. The van der Waals surface area contributed by atoms with E-state index in [0.29, 0.717) is 5.56 Å². The van der Waals surface area contributed by atoms with Crippen molar-refractivity contribution in [3.63, 3.8) is 0 Å². The lowest BCUT2D eigenvalue weighted by Crippen LogP contribution is -2.29. The van der Waals surface area contributed by atoms with E-state index < -0.39 is 6.04 Å². The van der Waals surface area contributed by atoms with Gasteiger partial charge in [-0.2, -0.15) is 0 Å². The van der Waals surface area contributed by atoms with Gasteiger partial charge >= 0.3 is 0 Å². The Morgan fingerprint density at radius 3 is 2.33 bits per heavy atom. The molecule has 0 fully saturated rings. The van der Waals surface area contributed by atoms with Crippen molar-refractivity contribution in [1.82, 2.24) is 10.3 Å². The van der Waals surface area contributed by atoms with Gasteiger partial charge in [0.15, 0.2) is 0 Å². The number of benzene rings is 2. The number of halogens is 2. The van der Waals surface area contributed by atoms with Crippen LogP contribution in [0.15, 0.2) is 73.1 Å². The van der Waals surface area contributed by atoms with Crippen LogP contribution in [0.25, 0.3) is 0 Å². The summed E-state index contributed by atoms with van der Waals surface area (Å²) in [5, 5.41) is 3.23. The van der Waals surface area contributed by atoms with Gasteiger partial charge in [-0.05, 0) is 29.3 Å². The molecule has 0 unspecified atom stereocenters. The zero-order valence-electron chi connectivity index (χ0n) is 12.6. The van der Waals surface area contributed by atoms with Crippen LogP contribution in [0.4, 0.5) is 4.39 Å². The van der Waals surface area contributed by atoms with E-state index >= 15 is 0 Å². The van der Waals surface area contributed by atoms with Gasteiger partial charge < -0.3 is 5.32 Å². The molecule has 0 radical (unpaired) electrons. The number of rotatable bonds is 4. The van der Waals surface area contributed by atoms with E-state index in [-0.39, 0.29) is 16.7 Å². The molecule has 3 rings (SSSR count). The Labute approximate surface area is 144 Å². The number of aromatic nitrogens is 1. The maximum atomic E-state index is 13.2. The van der Waals surface area contributed by atoms with Gasteiger partial charge in [-0.15, -0.1) is 0 Å². The number of hydrogen-bond acceptors (Lipinski definition) is 2. The fraction of sp³-hybridized carbons (Fsp3) is 0.0526. The van der Waals surface area contributed by atoms with Crippen molar-refractivity contribution in [2.24, 2.45) is 0 Å². The average Bonchev–Trinajstić information content (AvgIpc) is 2.61. The molecule has 24 heavy (non-hydrogen) atoms. The Hall–Kier alpha value is -2.72. The van der Waals surface area contributed by atoms with E-state index in [1.807, 2.05) is 30.3 Å². The maximum absolute atomic E-state index is 13.2. The van der Waals surface area contributed by atoms with Gasteiger partial charge in [-0.25, -0.2) is 4.39 Å². The number of nitrogens with zero attached hydrogens (tertiary/aromatic N) is 1. The molecule has 3 aromatic rings. The predicted molar refractivity (Wildman–Crippen MR) is 91.4 cm³/mol. The molecule has 1 heterocycles. The molecule has 120 valence electrons. The number of amides is 1. The largest absolute Gasteiger partial charge is 0.341 e. The summed E-state index contributed by atoms with van der Waals surface area (Å²) in [6, 6.07) is 16.7. The van der Waals surface area contributed by atoms with Gasteiger partial charge in [0, 0.05) is 12.4 Å². The lowest BCUT2D eigenvalue weighted by molar-refractivity contribution is 0.0943. The Bertz CT molecular complexity index is 838. The quantitative estimate of drug-likeness (QED) is 0.765. The van der Waals surface area contributed by atoms with Crippen molar-refractivity contribution >= 4 is 17.5 Å². The van der Waals surface area contributed by atoms with Gasteiger partial charge in [-0.3, -0.25) is 9.78 Å². The first kappa shape index (κ1) is 16.1. The fourth-order valence-electron chi connectivity index (χ4n) is 2.43. The van der Waals surface area contributed by atoms with Crippen LogP contribution in [0, 0.1) is 5.82 Å². The first-order valence-corrected chi connectivity index (χ1v) is 7.74. The molecule has 0 saturated carbocycles. The summed E-state index contributed by atoms with van der Waals surface area (Å²) >= 11 is 6.04. The first-order chi connectivity index (χ1) is 11.6. The molecular formula is C19H14ClFN2O. The predicted octanol–water partition coefficient (Wildman–Crippen LogP) is 4.39. The number of carbonyl (C=O) groups is 1. The zero-order valence-corrected chi connectivity index (χ0v) is 13.4. The lowest BCUT2D eigenvalue weighted by Gasteiger charge is -2.20. The highest BCUT2D eigenvalue weighted by Gasteiger charge is 2.19. The van der Waals surface area contributed by atoms with Crippen molar-refractivity contribution in [2.45, 2.75) is 6.04 Å². The van der Waals surface area contributed by atoms with E-state index in [9.17, 15) is 9.18 Å². The molecule has 5 heteroatoms. The Balaban J connectivity index is 1.95. The molecule has 1 N–H and O–H groups in total. The Morgan fingerprint density at radius 1 is 1.00 bits per heavy atom. The third-order valence-electron chi connectivity index (χ3n) is 3.63. The molecule has 0 aliphatic rings. The van der Waals surface area contributed by atoms with E-state index in [1.165, 1.54) is 24.5 Å². The fourth-order valence-corrected chi connectivity index (χ4v) is 2.63. The van der Waals surface area contributed by atoms with Crippen LogP contribution in [0.1, 0.15) is 27.5 Å². The summed E-state index contributed by atoms with van der Waals surface area (Å²) in [7, 11) is 0. The molecular weight excluding hydrogens is 327 g/mol. The molecule has 0 saturated heterocycles. The van der Waals surface area contributed by atoms with Crippen molar-refractivity contribution in [1.29, 1.82) is 0 Å². The molecule has 1 atom stereocenters. The zero-order chi connectivity index (χ0) is 16.9. The minimum Gasteiger partial charge on any atom is -0.341 e. The minimum absolute atomic E-state index is 0.279. The number of nitrogens with one attached hydrogen (secondary N) is 1. The van der Waals surface area contributed by atoms with Crippen molar-refractivity contribution < 1.29 is 9.18 Å². The first-order valence-electron chi connectivity index (χ1n) is 7.36. The third-order valence-corrected chi connectivity index (χ3v) is 3.93. The van der Waals surface area contributed by atoms with Crippen LogP contribution < -0.4 is 5.32 Å². The van der Waals surface area contributed by atoms with E-state index in [0.717, 1.165) is 11.1 Å². The molecule has 0 bridgehead atoms. The third kappa shape index (κ3) is 3.60. The highest BCUT2D eigenvalue weighted by atomic mass is 35.5. The topological polar surface area (TPSA) is 42.0 Å². The highest BCUT2D eigenvalue weighted by Crippen LogP contribution is 2.24. The van der Waals surface area contributed by atoms with Gasteiger partial charge in [0.25, 0.3) is 5.91 Å². The van der Waals surface area contributed by atoms with Crippen molar-refractivity contribution in [3.05, 3.63) is 101 Å². The van der Waals surface area contributed by atoms with Gasteiger partial charge in [0.2, 0.25) is 0 Å². The second kappa shape index (κ2) is 7.23. The van der Waals surface area contributed by atoms with Crippen LogP contribution in [-0.4, -0.2) is 10.9 Å². The minimum atomic E-state index is -0.413. The standard InChI is InChI=1S/C19H14ClFN2O/c20-17-12-22-11-10-16(17)19(24)23-18(13-4-2-1-3-5-13)14-6-8-15(21)9-7-14/h1-12,18H,(H,23,24)/t18-/m0/s1. The summed E-state index contributed by atoms with van der Waals surface area (Å²) in [6.07, 6.45) is 2.93. The molecule has 0 aliphatic carbocycles. The molecule has 1 amide bonds. The number of carbonyl (C=O) groups excluding carboxylic acids is 1. The van der Waals surface area contributed by atoms with Crippen LogP contribution in [0.2, 0.25) is 5.02 Å². The summed E-state index contributed by atoms with van der Waals surface area (Å²) < 4.78 is 13.2. The average molecular weight is 341 g/mol. The molecule has 3 nitrogen and oxygen atoms in total. The van der Waals surface area contributed by atoms with E-state index in [1.54, 1.807) is 18.2 Å². The molecule has 1 aromatic heterocycles. The monoisotopic (exact) mass is 340 g/mol. The second-order valence-corrected chi connectivity index (χ2v) is 5.63. The molecule has 0 aliphatic heterocycles. The number of pyridine rings is 1. The smallest absolute Gasteiger partial charge is 0.253 e. The Morgan fingerprint density at radius 2 is 1.67 bits per heavy atom. The van der Waals surface area contributed by atoms with Gasteiger partial charge in [-0.1, -0.05) is 54.1 Å². The van der Waals surface area contributed by atoms with Crippen LogP contribution in [0.3, 0.4) is 0 Å². The van der Waals surface area contributed by atoms with E-state index in [2.05, 4.69) is 10.3 Å². The second-order valence-electron chi connectivity index (χ2n) is 5.22. The highest BCUT2D eigenvalue weighted by molar-refractivity contribution is 6.33. The van der Waals surface area contributed by atoms with Gasteiger partial charge in [0.05, 0.1) is 16.6 Å². The van der Waals surface area contributed by atoms with Gasteiger partial charge in [0.1, 0.15) is 5.82 Å². The summed E-state index contributed by atoms with van der Waals surface area (Å²) in [5.74, 6) is -0.644.